The largest absolute Gasteiger partial charge is 0.376 e. The van der Waals surface area contributed by atoms with Gasteiger partial charge in [0.15, 0.2) is 5.82 Å². The van der Waals surface area contributed by atoms with Crippen LogP contribution in [0, 0.1) is 6.92 Å². The van der Waals surface area contributed by atoms with E-state index in [1.165, 1.54) is 29.9 Å². The van der Waals surface area contributed by atoms with Crippen molar-refractivity contribution in [2.75, 3.05) is 11.9 Å². The Hall–Kier alpha value is -2.65. The Morgan fingerprint density at radius 2 is 2.29 bits per heavy atom. The molecule has 0 atom stereocenters. The van der Waals surface area contributed by atoms with Crippen LogP contribution in [0.4, 0.5) is 5.00 Å². The predicted molar refractivity (Wildman–Crippen MR) is 85.7 cm³/mol. The zero-order valence-electron chi connectivity index (χ0n) is 12.8. The van der Waals surface area contributed by atoms with E-state index in [-0.39, 0.29) is 11.6 Å². The third-order valence-electron chi connectivity index (χ3n) is 3.58. The Balaban J connectivity index is 1.75. The van der Waals surface area contributed by atoms with Gasteiger partial charge in [0.1, 0.15) is 10.7 Å². The van der Waals surface area contributed by atoms with E-state index < -0.39 is 0 Å². The lowest BCUT2D eigenvalue weighted by atomic mass is 10.1. The minimum absolute atomic E-state index is 0.243. The number of thiophene rings is 1. The van der Waals surface area contributed by atoms with Crippen LogP contribution in [0.25, 0.3) is 11.5 Å². The number of hydrogen-bond donors (Lipinski definition) is 1. The number of nitrogens with one attached hydrogen (secondary N) is 1. The molecule has 122 valence electrons. The Bertz CT molecular complexity index is 890. The van der Waals surface area contributed by atoms with Gasteiger partial charge in [-0.1, -0.05) is 5.16 Å². The van der Waals surface area contributed by atoms with Gasteiger partial charge in [0.2, 0.25) is 0 Å². The van der Waals surface area contributed by atoms with E-state index in [9.17, 15) is 4.79 Å². The molecule has 0 aliphatic carbocycles. The minimum Gasteiger partial charge on any atom is -0.376 e. The highest BCUT2D eigenvalue weighted by molar-refractivity contribution is 7.17. The van der Waals surface area contributed by atoms with Crippen LogP contribution in [0.15, 0.2) is 23.1 Å². The summed E-state index contributed by atoms with van der Waals surface area (Å²) in [6, 6.07) is 0. The molecule has 0 bridgehead atoms. The van der Waals surface area contributed by atoms with Crippen molar-refractivity contribution in [3.05, 3.63) is 40.5 Å². The van der Waals surface area contributed by atoms with Gasteiger partial charge in [0.25, 0.3) is 11.8 Å². The summed E-state index contributed by atoms with van der Waals surface area (Å²) in [5.74, 6) is 0.615. The Morgan fingerprint density at radius 1 is 1.38 bits per heavy atom. The fourth-order valence-corrected chi connectivity index (χ4v) is 3.70. The van der Waals surface area contributed by atoms with Gasteiger partial charge in [-0.05, 0) is 18.9 Å². The summed E-state index contributed by atoms with van der Waals surface area (Å²) in [7, 11) is 0. The second kappa shape index (κ2) is 6.10. The van der Waals surface area contributed by atoms with Crippen LogP contribution in [-0.2, 0) is 17.8 Å². The third-order valence-corrected chi connectivity index (χ3v) is 4.71. The molecular weight excluding hydrogens is 330 g/mol. The fraction of sp³-hybridized carbons (Fsp3) is 0.267. The first-order valence-corrected chi connectivity index (χ1v) is 8.14. The molecule has 0 saturated carbocycles. The first-order chi connectivity index (χ1) is 11.7. The number of amides is 1. The van der Waals surface area contributed by atoms with Crippen molar-refractivity contribution in [2.24, 2.45) is 0 Å². The van der Waals surface area contributed by atoms with Crippen molar-refractivity contribution in [3.8, 4) is 11.5 Å². The van der Waals surface area contributed by atoms with E-state index in [2.05, 4.69) is 25.4 Å². The number of anilines is 1. The zero-order valence-corrected chi connectivity index (χ0v) is 13.6. The number of aromatic nitrogens is 4. The van der Waals surface area contributed by atoms with Gasteiger partial charge in [-0.15, -0.1) is 11.3 Å². The average Bonchev–Trinajstić information content (AvgIpc) is 3.18. The second-order valence-electron chi connectivity index (χ2n) is 5.20. The van der Waals surface area contributed by atoms with Crippen molar-refractivity contribution >= 4 is 22.2 Å². The van der Waals surface area contributed by atoms with Crippen molar-refractivity contribution in [1.82, 2.24) is 20.1 Å². The molecular formula is C15H13N5O3S. The van der Waals surface area contributed by atoms with Crippen molar-refractivity contribution < 1.29 is 14.1 Å². The predicted octanol–water partition coefficient (Wildman–Crippen LogP) is 2.22. The van der Waals surface area contributed by atoms with Gasteiger partial charge in [0, 0.05) is 17.3 Å². The lowest BCUT2D eigenvalue weighted by molar-refractivity contribution is 0.102. The molecule has 0 saturated heterocycles. The van der Waals surface area contributed by atoms with E-state index in [1.807, 2.05) is 0 Å². The van der Waals surface area contributed by atoms with E-state index in [1.54, 1.807) is 6.92 Å². The van der Waals surface area contributed by atoms with Gasteiger partial charge in [-0.2, -0.15) is 4.98 Å². The highest BCUT2D eigenvalue weighted by Gasteiger charge is 2.27. The molecule has 1 aliphatic rings. The maximum Gasteiger partial charge on any atom is 0.276 e. The third kappa shape index (κ3) is 2.68. The zero-order chi connectivity index (χ0) is 16.5. The van der Waals surface area contributed by atoms with Crippen LogP contribution >= 0.6 is 11.3 Å². The fourth-order valence-electron chi connectivity index (χ4n) is 2.53. The van der Waals surface area contributed by atoms with Crippen LogP contribution in [0.3, 0.4) is 0 Å². The summed E-state index contributed by atoms with van der Waals surface area (Å²) >= 11 is 1.46. The Labute approximate surface area is 140 Å². The second-order valence-corrected chi connectivity index (χ2v) is 6.31. The maximum atomic E-state index is 12.4. The molecule has 0 aromatic carbocycles. The van der Waals surface area contributed by atoms with Crippen LogP contribution < -0.4 is 5.32 Å². The first kappa shape index (κ1) is 14.9. The molecule has 1 amide bonds. The number of aryl methyl sites for hydroxylation is 1. The highest BCUT2D eigenvalue weighted by Crippen LogP contribution is 2.42. The molecule has 9 heteroatoms. The summed E-state index contributed by atoms with van der Waals surface area (Å²) in [6.45, 7) is 2.90. The van der Waals surface area contributed by atoms with Crippen molar-refractivity contribution in [2.45, 2.75) is 20.0 Å². The molecule has 1 aliphatic heterocycles. The van der Waals surface area contributed by atoms with E-state index in [0.717, 1.165) is 22.4 Å². The molecule has 4 heterocycles. The topological polar surface area (TPSA) is 103 Å². The minimum atomic E-state index is -0.333. The van der Waals surface area contributed by atoms with Crippen molar-refractivity contribution in [3.63, 3.8) is 0 Å². The molecule has 0 unspecified atom stereocenters. The summed E-state index contributed by atoms with van der Waals surface area (Å²) in [6.07, 6.45) is 5.15. The number of fused-ring (bicyclic) bond motifs is 1. The maximum absolute atomic E-state index is 12.4. The standard InChI is InChI=1S/C15H13N5O3S/c1-8-18-14(23-20-8)12-9-2-5-22-7-11(9)24-15(12)19-13(21)10-6-16-3-4-17-10/h3-4,6H,2,5,7H2,1H3,(H,19,21). The molecule has 0 spiro atoms. The number of rotatable bonds is 3. The average molecular weight is 343 g/mol. The summed E-state index contributed by atoms with van der Waals surface area (Å²) < 4.78 is 10.8. The normalized spacial score (nSPS) is 13.5. The van der Waals surface area contributed by atoms with E-state index in [4.69, 9.17) is 9.26 Å². The first-order valence-electron chi connectivity index (χ1n) is 7.32. The Kier molecular flexibility index (Phi) is 3.79. The summed E-state index contributed by atoms with van der Waals surface area (Å²) in [5, 5.41) is 7.39. The molecule has 3 aromatic rings. The lowest BCUT2D eigenvalue weighted by Crippen LogP contribution is -2.13. The molecule has 0 fully saturated rings. The molecule has 0 radical (unpaired) electrons. The van der Waals surface area contributed by atoms with Gasteiger partial charge in [0.05, 0.1) is 25.0 Å². The van der Waals surface area contributed by atoms with Crippen LogP contribution in [0.2, 0.25) is 0 Å². The number of carbonyl (C=O) groups is 1. The molecule has 1 N–H and O–H groups in total. The van der Waals surface area contributed by atoms with Crippen LogP contribution in [0.1, 0.15) is 26.8 Å². The van der Waals surface area contributed by atoms with Gasteiger partial charge >= 0.3 is 0 Å². The van der Waals surface area contributed by atoms with Gasteiger partial charge < -0.3 is 14.6 Å². The summed E-state index contributed by atoms with van der Waals surface area (Å²) in [5.41, 5.74) is 2.10. The quantitative estimate of drug-likeness (QED) is 0.777. The smallest absolute Gasteiger partial charge is 0.276 e. The van der Waals surface area contributed by atoms with E-state index >= 15 is 0 Å². The molecule has 8 nitrogen and oxygen atoms in total. The number of ether oxygens (including phenoxy) is 1. The SMILES string of the molecule is Cc1noc(-c2c(NC(=O)c3cnccn3)sc3c2CCOC3)n1. The van der Waals surface area contributed by atoms with Gasteiger partial charge in [-0.25, -0.2) is 4.98 Å². The number of hydrogen-bond acceptors (Lipinski definition) is 8. The van der Waals surface area contributed by atoms with Crippen LogP contribution in [0.5, 0.6) is 0 Å². The number of carbonyl (C=O) groups excluding carboxylic acids is 1. The molecule has 3 aromatic heterocycles. The number of nitrogens with zero attached hydrogens (tertiary/aromatic N) is 4. The lowest BCUT2D eigenvalue weighted by Gasteiger charge is -2.12. The highest BCUT2D eigenvalue weighted by atomic mass is 32.1. The summed E-state index contributed by atoms with van der Waals surface area (Å²) in [4.78, 5) is 25.7. The van der Waals surface area contributed by atoms with Gasteiger partial charge in [-0.3, -0.25) is 9.78 Å². The Morgan fingerprint density at radius 3 is 3.04 bits per heavy atom. The molecule has 4 rings (SSSR count). The van der Waals surface area contributed by atoms with Crippen molar-refractivity contribution in [1.29, 1.82) is 0 Å². The van der Waals surface area contributed by atoms with E-state index in [0.29, 0.717) is 29.9 Å². The van der Waals surface area contributed by atoms with Crippen LogP contribution in [-0.4, -0.2) is 32.6 Å². The monoisotopic (exact) mass is 343 g/mol. The molecule has 24 heavy (non-hydrogen) atoms.